The molecule has 168 valence electrons. The summed E-state index contributed by atoms with van der Waals surface area (Å²) in [5, 5.41) is 0. The Morgan fingerprint density at radius 1 is 1.19 bits per heavy atom. The zero-order valence-corrected chi connectivity index (χ0v) is 19.7. The summed E-state index contributed by atoms with van der Waals surface area (Å²) in [6.07, 6.45) is 5.72. The van der Waals surface area contributed by atoms with Gasteiger partial charge in [0.25, 0.3) is 0 Å². The second kappa shape index (κ2) is 10.3. The number of rotatable bonds is 6. The third-order valence-corrected chi connectivity index (χ3v) is 5.87. The Labute approximate surface area is 187 Å². The van der Waals surface area contributed by atoms with Gasteiger partial charge in [0, 0.05) is 30.4 Å². The Morgan fingerprint density at radius 2 is 1.94 bits per heavy atom. The summed E-state index contributed by atoms with van der Waals surface area (Å²) in [7, 11) is 0. The Kier molecular flexibility index (Phi) is 7.71. The van der Waals surface area contributed by atoms with Crippen molar-refractivity contribution in [2.45, 2.75) is 84.5 Å². The van der Waals surface area contributed by atoms with E-state index in [1.807, 2.05) is 26.8 Å². The normalized spacial score (nSPS) is 18.4. The summed E-state index contributed by atoms with van der Waals surface area (Å²) >= 11 is 0. The number of benzene rings is 1. The molecule has 1 aliphatic rings. The van der Waals surface area contributed by atoms with Crippen LogP contribution in [0.2, 0.25) is 0 Å². The average molecular weight is 424 g/mol. The summed E-state index contributed by atoms with van der Waals surface area (Å²) in [5.41, 5.74) is 1.87. The number of hydrogen-bond donors (Lipinski definition) is 0. The van der Waals surface area contributed by atoms with Crippen molar-refractivity contribution in [2.24, 2.45) is 0 Å². The van der Waals surface area contributed by atoms with Crippen LogP contribution in [0.5, 0.6) is 0 Å². The van der Waals surface area contributed by atoms with Crippen LogP contribution in [0.25, 0.3) is 0 Å². The predicted octanol–water partition coefficient (Wildman–Crippen LogP) is 6.35. The maximum absolute atomic E-state index is 13.2. The number of carbonyl (C=O) groups is 1. The highest BCUT2D eigenvalue weighted by atomic mass is 16.6. The van der Waals surface area contributed by atoms with Crippen LogP contribution >= 0.6 is 0 Å². The van der Waals surface area contributed by atoms with Crippen LogP contribution in [-0.4, -0.2) is 34.2 Å². The number of amides is 1. The van der Waals surface area contributed by atoms with Gasteiger partial charge in [-0.05, 0) is 65.1 Å². The molecule has 1 aliphatic heterocycles. The van der Waals surface area contributed by atoms with Crippen molar-refractivity contribution in [1.82, 2.24) is 9.88 Å². The monoisotopic (exact) mass is 423 g/mol. The molecule has 31 heavy (non-hydrogen) atoms. The number of piperidine rings is 1. The zero-order chi connectivity index (χ0) is 22.4. The van der Waals surface area contributed by atoms with E-state index in [9.17, 15) is 4.79 Å². The maximum atomic E-state index is 13.2. The highest BCUT2D eigenvalue weighted by molar-refractivity contribution is 5.88. The molecule has 2 aromatic rings. The summed E-state index contributed by atoms with van der Waals surface area (Å²) < 4.78 is 5.78. The van der Waals surface area contributed by atoms with Crippen molar-refractivity contribution in [2.75, 3.05) is 11.4 Å². The quantitative estimate of drug-likeness (QED) is 0.543. The van der Waals surface area contributed by atoms with Gasteiger partial charge in [-0.2, -0.15) is 0 Å². The molecule has 0 saturated carbocycles. The minimum atomic E-state index is -0.554. The van der Waals surface area contributed by atoms with E-state index in [1.54, 1.807) is 11.1 Å². The van der Waals surface area contributed by atoms with Crippen LogP contribution < -0.4 is 4.90 Å². The van der Waals surface area contributed by atoms with Gasteiger partial charge in [0.15, 0.2) is 0 Å². The van der Waals surface area contributed by atoms with E-state index in [2.05, 4.69) is 55.1 Å². The Balaban J connectivity index is 1.96. The number of carbonyl (C=O) groups excluding carboxylic acids is 1. The van der Waals surface area contributed by atoms with Gasteiger partial charge in [0.2, 0.25) is 0 Å². The third kappa shape index (κ3) is 6.07. The van der Waals surface area contributed by atoms with Crippen LogP contribution in [0.1, 0.15) is 77.5 Å². The molecular weight excluding hydrogens is 386 g/mol. The predicted molar refractivity (Wildman–Crippen MR) is 126 cm³/mol. The number of anilines is 1. The molecule has 1 saturated heterocycles. The Morgan fingerprint density at radius 3 is 2.61 bits per heavy atom. The molecule has 0 spiro atoms. The van der Waals surface area contributed by atoms with E-state index >= 15 is 0 Å². The molecule has 1 fully saturated rings. The van der Waals surface area contributed by atoms with Gasteiger partial charge < -0.3 is 4.74 Å². The van der Waals surface area contributed by atoms with Gasteiger partial charge in [0.1, 0.15) is 11.4 Å². The smallest absolute Gasteiger partial charge is 0.416 e. The van der Waals surface area contributed by atoms with Gasteiger partial charge in [-0.1, -0.05) is 49.7 Å². The molecule has 5 heteroatoms. The standard InChI is InChI=1S/C26H37N3O2/c1-6-20(2)29(25(30)31-26(3,4)5)24-22(15-12-17-27-24)23-16-10-11-18-28(23)19-21-13-8-7-9-14-21/h7-9,12-15,17,20,23H,6,10-11,16,18-19H2,1-5H3/t20-,23-/m0/s1. The van der Waals surface area contributed by atoms with Crippen LogP contribution in [0.15, 0.2) is 48.7 Å². The minimum absolute atomic E-state index is 0.00494. The first-order valence-electron chi connectivity index (χ1n) is 11.5. The number of likely N-dealkylation sites (tertiary alicyclic amines) is 1. The lowest BCUT2D eigenvalue weighted by Crippen LogP contribution is -2.44. The first-order chi connectivity index (χ1) is 14.8. The van der Waals surface area contributed by atoms with Crippen LogP contribution in [0, 0.1) is 0 Å². The van der Waals surface area contributed by atoms with E-state index in [-0.39, 0.29) is 18.2 Å². The Bertz CT molecular complexity index is 847. The number of hydrogen-bond acceptors (Lipinski definition) is 4. The summed E-state index contributed by atoms with van der Waals surface area (Å²) in [6.45, 7) is 11.8. The van der Waals surface area contributed by atoms with Gasteiger partial charge in [-0.3, -0.25) is 9.80 Å². The Hall–Kier alpha value is -2.40. The van der Waals surface area contributed by atoms with Crippen molar-refractivity contribution >= 4 is 11.9 Å². The van der Waals surface area contributed by atoms with Crippen molar-refractivity contribution < 1.29 is 9.53 Å². The number of pyridine rings is 1. The molecule has 0 N–H and O–H groups in total. The van der Waals surface area contributed by atoms with Crippen molar-refractivity contribution in [3.63, 3.8) is 0 Å². The second-order valence-corrected chi connectivity index (χ2v) is 9.49. The lowest BCUT2D eigenvalue weighted by molar-refractivity contribution is 0.0564. The number of aromatic nitrogens is 1. The van der Waals surface area contributed by atoms with Crippen LogP contribution in [0.3, 0.4) is 0 Å². The molecule has 2 heterocycles. The number of ether oxygens (including phenoxy) is 1. The molecule has 3 rings (SSSR count). The highest BCUT2D eigenvalue weighted by Gasteiger charge is 2.33. The average Bonchev–Trinajstić information content (AvgIpc) is 2.74. The van der Waals surface area contributed by atoms with Gasteiger partial charge in [0.05, 0.1) is 0 Å². The third-order valence-electron chi connectivity index (χ3n) is 5.87. The highest BCUT2D eigenvalue weighted by Crippen LogP contribution is 2.37. The van der Waals surface area contributed by atoms with Crippen molar-refractivity contribution in [1.29, 1.82) is 0 Å². The first-order valence-corrected chi connectivity index (χ1v) is 11.5. The molecule has 0 unspecified atom stereocenters. The van der Waals surface area contributed by atoms with Gasteiger partial charge in [-0.25, -0.2) is 9.78 Å². The zero-order valence-electron chi connectivity index (χ0n) is 19.7. The summed E-state index contributed by atoms with van der Waals surface area (Å²) in [4.78, 5) is 22.2. The van der Waals surface area contributed by atoms with Gasteiger partial charge in [-0.15, -0.1) is 0 Å². The van der Waals surface area contributed by atoms with E-state index in [4.69, 9.17) is 9.72 Å². The SMILES string of the molecule is CC[C@H](C)N(C(=O)OC(C)(C)C)c1ncccc1[C@@H]1CCCCN1Cc1ccccc1. The minimum Gasteiger partial charge on any atom is -0.443 e. The van der Waals surface area contributed by atoms with Crippen molar-refractivity contribution in [3.05, 3.63) is 59.8 Å². The summed E-state index contributed by atoms with van der Waals surface area (Å²) in [6, 6.07) is 15.0. The lowest BCUT2D eigenvalue weighted by atomic mass is 9.94. The lowest BCUT2D eigenvalue weighted by Gasteiger charge is -2.39. The molecule has 0 bridgehead atoms. The van der Waals surface area contributed by atoms with Crippen molar-refractivity contribution in [3.8, 4) is 0 Å². The molecule has 2 atom stereocenters. The van der Waals surface area contributed by atoms with Gasteiger partial charge >= 0.3 is 6.09 Å². The van der Waals surface area contributed by atoms with E-state index < -0.39 is 5.60 Å². The van der Waals surface area contributed by atoms with E-state index in [0.29, 0.717) is 0 Å². The van der Waals surface area contributed by atoms with E-state index in [0.717, 1.165) is 37.3 Å². The first kappa shape index (κ1) is 23.3. The second-order valence-electron chi connectivity index (χ2n) is 9.49. The molecule has 1 aromatic carbocycles. The molecule has 1 aromatic heterocycles. The molecule has 5 nitrogen and oxygen atoms in total. The summed E-state index contributed by atoms with van der Waals surface area (Å²) in [5.74, 6) is 0.732. The topological polar surface area (TPSA) is 45.7 Å². The van der Waals surface area contributed by atoms with E-state index in [1.165, 1.54) is 18.4 Å². The molecule has 0 aliphatic carbocycles. The van der Waals surface area contributed by atoms with Crippen LogP contribution in [-0.2, 0) is 11.3 Å². The number of nitrogens with zero attached hydrogens (tertiary/aromatic N) is 3. The fraction of sp³-hybridized carbons (Fsp3) is 0.538. The molecular formula is C26H37N3O2. The fourth-order valence-electron chi connectivity index (χ4n) is 4.19. The molecule has 1 amide bonds. The van der Waals surface area contributed by atoms with Crippen LogP contribution in [0.4, 0.5) is 10.6 Å². The maximum Gasteiger partial charge on any atom is 0.416 e. The largest absolute Gasteiger partial charge is 0.443 e. The molecule has 0 radical (unpaired) electrons. The fourth-order valence-corrected chi connectivity index (χ4v) is 4.19.